The Morgan fingerprint density at radius 2 is 2.27 bits per heavy atom. The molecule has 0 unspecified atom stereocenters. The lowest BCUT2D eigenvalue weighted by Crippen LogP contribution is -2.15. The molecule has 0 aromatic carbocycles. The third-order valence-electron chi connectivity index (χ3n) is 1.30. The number of halogens is 1. The van der Waals surface area contributed by atoms with Gasteiger partial charge in [0, 0.05) is 25.8 Å². The van der Waals surface area contributed by atoms with Crippen LogP contribution >= 0.6 is 11.6 Å². The van der Waals surface area contributed by atoms with Gasteiger partial charge in [0.15, 0.2) is 0 Å². The number of ether oxygens (including phenoxy) is 1. The topological polar surface area (TPSA) is 21.3 Å². The Kier molecular flexibility index (Phi) is 9.90. The van der Waals surface area contributed by atoms with E-state index >= 15 is 0 Å². The Labute approximate surface area is 73.6 Å². The third-order valence-corrected chi connectivity index (χ3v) is 1.48. The van der Waals surface area contributed by atoms with Gasteiger partial charge >= 0.3 is 0 Å². The van der Waals surface area contributed by atoms with Crippen LogP contribution in [0.1, 0.15) is 12.8 Å². The lowest BCUT2D eigenvalue weighted by Gasteiger charge is -2.00. The zero-order chi connectivity index (χ0) is 8.36. The standard InChI is InChI=1S/C8H16ClNO/c1-11-8-3-2-6-10-7-4-5-9/h4-5,10H,2-3,6-8H2,1H3/b5-4+. The van der Waals surface area contributed by atoms with Crippen LogP contribution in [0.5, 0.6) is 0 Å². The first-order chi connectivity index (χ1) is 5.41. The van der Waals surface area contributed by atoms with Crippen molar-refractivity contribution < 1.29 is 4.74 Å². The first-order valence-corrected chi connectivity index (χ1v) is 4.30. The molecule has 1 N–H and O–H groups in total. The molecule has 0 fully saturated rings. The van der Waals surface area contributed by atoms with E-state index in [2.05, 4.69) is 5.32 Å². The van der Waals surface area contributed by atoms with Crippen molar-refractivity contribution in [2.45, 2.75) is 12.8 Å². The van der Waals surface area contributed by atoms with Crippen molar-refractivity contribution in [3.05, 3.63) is 11.6 Å². The van der Waals surface area contributed by atoms with E-state index in [1.807, 2.05) is 6.08 Å². The highest BCUT2D eigenvalue weighted by Crippen LogP contribution is 1.86. The van der Waals surface area contributed by atoms with Crippen LogP contribution in [-0.4, -0.2) is 26.8 Å². The average molecular weight is 178 g/mol. The predicted octanol–water partition coefficient (Wildman–Crippen LogP) is 1.76. The maximum absolute atomic E-state index is 5.32. The summed E-state index contributed by atoms with van der Waals surface area (Å²) in [5, 5.41) is 3.22. The van der Waals surface area contributed by atoms with Gasteiger partial charge in [-0.3, -0.25) is 0 Å². The van der Waals surface area contributed by atoms with Gasteiger partial charge in [-0.15, -0.1) is 0 Å². The molecule has 3 heteroatoms. The van der Waals surface area contributed by atoms with Gasteiger partial charge in [-0.25, -0.2) is 0 Å². The number of methoxy groups -OCH3 is 1. The minimum absolute atomic E-state index is 0.854. The number of hydrogen-bond donors (Lipinski definition) is 1. The van der Waals surface area contributed by atoms with Crippen molar-refractivity contribution >= 4 is 11.6 Å². The van der Waals surface area contributed by atoms with E-state index in [1.165, 1.54) is 5.54 Å². The average Bonchev–Trinajstić information content (AvgIpc) is 2.03. The van der Waals surface area contributed by atoms with Crippen molar-refractivity contribution in [2.24, 2.45) is 0 Å². The molecule has 2 nitrogen and oxygen atoms in total. The van der Waals surface area contributed by atoms with Crippen molar-refractivity contribution in [3.8, 4) is 0 Å². The molecule has 0 aliphatic carbocycles. The molecule has 0 aliphatic rings. The third kappa shape index (κ3) is 9.95. The molecule has 0 rings (SSSR count). The van der Waals surface area contributed by atoms with Crippen molar-refractivity contribution in [1.82, 2.24) is 5.32 Å². The van der Waals surface area contributed by atoms with Crippen LogP contribution in [-0.2, 0) is 4.74 Å². The van der Waals surface area contributed by atoms with Gasteiger partial charge in [-0.2, -0.15) is 0 Å². The second-order valence-electron chi connectivity index (χ2n) is 2.27. The van der Waals surface area contributed by atoms with Crippen molar-refractivity contribution in [2.75, 3.05) is 26.8 Å². The second kappa shape index (κ2) is 9.95. The fourth-order valence-electron chi connectivity index (χ4n) is 0.726. The van der Waals surface area contributed by atoms with Crippen LogP contribution in [0, 0.1) is 0 Å². The van der Waals surface area contributed by atoms with E-state index in [9.17, 15) is 0 Å². The fourth-order valence-corrected chi connectivity index (χ4v) is 0.815. The summed E-state index contributed by atoms with van der Waals surface area (Å²) in [6.45, 7) is 2.74. The molecule has 0 aromatic rings. The molecule has 11 heavy (non-hydrogen) atoms. The summed E-state index contributed by atoms with van der Waals surface area (Å²) in [6.07, 6.45) is 4.16. The monoisotopic (exact) mass is 177 g/mol. The molecular weight excluding hydrogens is 162 g/mol. The summed E-state index contributed by atoms with van der Waals surface area (Å²) in [5.41, 5.74) is 1.53. The summed E-state index contributed by atoms with van der Waals surface area (Å²) in [4.78, 5) is 0. The van der Waals surface area contributed by atoms with Crippen molar-refractivity contribution in [1.29, 1.82) is 0 Å². The summed E-state index contributed by atoms with van der Waals surface area (Å²) < 4.78 is 4.91. The second-order valence-corrected chi connectivity index (χ2v) is 2.52. The van der Waals surface area contributed by atoms with Crippen LogP contribution in [0.3, 0.4) is 0 Å². The largest absolute Gasteiger partial charge is 0.385 e. The van der Waals surface area contributed by atoms with Crippen molar-refractivity contribution in [3.63, 3.8) is 0 Å². The molecule has 0 aliphatic heterocycles. The Bertz CT molecular complexity index is 96.1. The number of rotatable bonds is 7. The maximum atomic E-state index is 5.32. The fraction of sp³-hybridized carbons (Fsp3) is 0.750. The van der Waals surface area contributed by atoms with Crippen LogP contribution in [0.2, 0.25) is 0 Å². The SMILES string of the molecule is COCCCCNC/C=C/Cl. The number of nitrogens with one attached hydrogen (secondary N) is 1. The maximum Gasteiger partial charge on any atom is 0.0462 e. The van der Waals surface area contributed by atoms with Gasteiger partial charge < -0.3 is 10.1 Å². The lowest BCUT2D eigenvalue weighted by atomic mass is 10.3. The quantitative estimate of drug-likeness (QED) is 0.599. The highest BCUT2D eigenvalue weighted by Gasteiger charge is 1.85. The Balaban J connectivity index is 2.79. The van der Waals surface area contributed by atoms with Crippen LogP contribution < -0.4 is 5.32 Å². The van der Waals surface area contributed by atoms with E-state index in [1.54, 1.807) is 7.11 Å². The molecule has 0 heterocycles. The van der Waals surface area contributed by atoms with Crippen LogP contribution in [0.25, 0.3) is 0 Å². The van der Waals surface area contributed by atoms with E-state index in [-0.39, 0.29) is 0 Å². The Morgan fingerprint density at radius 1 is 1.45 bits per heavy atom. The highest BCUT2D eigenvalue weighted by atomic mass is 35.5. The summed E-state index contributed by atoms with van der Waals surface area (Å²) in [6, 6.07) is 0. The number of hydrogen-bond acceptors (Lipinski definition) is 2. The van der Waals surface area contributed by atoms with E-state index in [4.69, 9.17) is 16.3 Å². The highest BCUT2D eigenvalue weighted by molar-refractivity contribution is 6.25. The van der Waals surface area contributed by atoms with Gasteiger partial charge in [0.25, 0.3) is 0 Å². The minimum Gasteiger partial charge on any atom is -0.385 e. The summed E-state index contributed by atoms with van der Waals surface area (Å²) >= 11 is 5.32. The lowest BCUT2D eigenvalue weighted by molar-refractivity contribution is 0.193. The van der Waals surface area contributed by atoms with Crippen LogP contribution in [0.4, 0.5) is 0 Å². The minimum atomic E-state index is 0.854. The molecule has 0 amide bonds. The van der Waals surface area contributed by atoms with Gasteiger partial charge in [-0.1, -0.05) is 17.7 Å². The smallest absolute Gasteiger partial charge is 0.0462 e. The summed E-state index contributed by atoms with van der Waals surface area (Å²) in [7, 11) is 1.73. The normalized spacial score (nSPS) is 11.1. The zero-order valence-corrected chi connectivity index (χ0v) is 7.73. The van der Waals surface area contributed by atoms with Gasteiger partial charge in [0.05, 0.1) is 0 Å². The Morgan fingerprint density at radius 3 is 2.91 bits per heavy atom. The molecule has 0 bridgehead atoms. The van der Waals surface area contributed by atoms with Gasteiger partial charge in [-0.05, 0) is 19.4 Å². The first-order valence-electron chi connectivity index (χ1n) is 3.86. The molecule has 0 saturated heterocycles. The van der Waals surface area contributed by atoms with Gasteiger partial charge in [0.2, 0.25) is 0 Å². The van der Waals surface area contributed by atoms with Crippen LogP contribution in [0.15, 0.2) is 11.6 Å². The molecule has 0 atom stereocenters. The molecule has 0 spiro atoms. The van der Waals surface area contributed by atoms with Gasteiger partial charge in [0.1, 0.15) is 0 Å². The first kappa shape index (κ1) is 11.0. The molecule has 0 radical (unpaired) electrons. The molecular formula is C8H16ClNO. The number of unbranched alkanes of at least 4 members (excludes halogenated alkanes) is 1. The molecule has 0 saturated carbocycles. The predicted molar refractivity (Wildman–Crippen MR) is 49.0 cm³/mol. The Hall–Kier alpha value is -0.0500. The molecule has 0 aromatic heterocycles. The van der Waals surface area contributed by atoms with E-state index in [0.29, 0.717) is 0 Å². The van der Waals surface area contributed by atoms with E-state index < -0.39 is 0 Å². The van der Waals surface area contributed by atoms with E-state index in [0.717, 1.165) is 32.5 Å². The molecule has 66 valence electrons. The summed E-state index contributed by atoms with van der Waals surface area (Å²) in [5.74, 6) is 0. The zero-order valence-electron chi connectivity index (χ0n) is 6.98.